The van der Waals surface area contributed by atoms with E-state index >= 15 is 0 Å². The SMILES string of the molecule is C[C@H]1OCCN[C@@H]1C(=O)NCCN1CCc2sccc2C1.Cl.Cl. The van der Waals surface area contributed by atoms with Crippen LogP contribution in [0.15, 0.2) is 11.4 Å². The lowest BCUT2D eigenvalue weighted by molar-refractivity contribution is -0.128. The zero-order chi connectivity index (χ0) is 14.7. The van der Waals surface area contributed by atoms with Gasteiger partial charge in [0, 0.05) is 37.6 Å². The number of morpholine rings is 1. The van der Waals surface area contributed by atoms with Crippen LogP contribution in [0.3, 0.4) is 0 Å². The van der Waals surface area contributed by atoms with Gasteiger partial charge in [-0.1, -0.05) is 0 Å². The van der Waals surface area contributed by atoms with E-state index in [0.29, 0.717) is 13.2 Å². The molecular weight excluding hydrogens is 357 g/mol. The summed E-state index contributed by atoms with van der Waals surface area (Å²) in [6, 6.07) is 2.00. The van der Waals surface area contributed by atoms with Crippen LogP contribution in [0.25, 0.3) is 0 Å². The average molecular weight is 382 g/mol. The fraction of sp³-hybridized carbons (Fsp3) is 0.667. The Morgan fingerprint density at radius 1 is 1.52 bits per heavy atom. The van der Waals surface area contributed by atoms with E-state index < -0.39 is 0 Å². The van der Waals surface area contributed by atoms with Crippen molar-refractivity contribution in [3.05, 3.63) is 21.9 Å². The summed E-state index contributed by atoms with van der Waals surface area (Å²) in [5, 5.41) is 8.42. The normalized spacial score (nSPS) is 24.0. The molecule has 0 bridgehead atoms. The maximum absolute atomic E-state index is 12.1. The molecular formula is C15H25Cl2N3O2S. The van der Waals surface area contributed by atoms with Gasteiger partial charge in [-0.25, -0.2) is 0 Å². The van der Waals surface area contributed by atoms with Gasteiger partial charge in [-0.15, -0.1) is 36.2 Å². The molecule has 0 unspecified atom stereocenters. The van der Waals surface area contributed by atoms with Gasteiger partial charge in [0.25, 0.3) is 0 Å². The first-order valence-electron chi connectivity index (χ1n) is 7.64. The Balaban J connectivity index is 0.00000132. The standard InChI is InChI=1S/C15H23N3O2S.2ClH/c1-11-14(16-5-8-20-11)15(19)17-4-7-18-6-2-13-12(10-18)3-9-21-13;;/h3,9,11,14,16H,2,4-8,10H2,1H3,(H,17,19);2*1H/t11-,14+;;/m1../s1. The summed E-state index contributed by atoms with van der Waals surface area (Å²) in [4.78, 5) is 16.1. The van der Waals surface area contributed by atoms with Crippen molar-refractivity contribution >= 4 is 42.1 Å². The number of hydrogen-bond donors (Lipinski definition) is 2. The molecule has 0 aliphatic carbocycles. The van der Waals surface area contributed by atoms with Crippen LogP contribution in [0, 0.1) is 0 Å². The summed E-state index contributed by atoms with van der Waals surface area (Å²) < 4.78 is 5.51. The first kappa shape index (κ1) is 20.7. The van der Waals surface area contributed by atoms with Gasteiger partial charge in [0.2, 0.25) is 5.91 Å². The topological polar surface area (TPSA) is 53.6 Å². The van der Waals surface area contributed by atoms with Gasteiger partial charge < -0.3 is 15.4 Å². The Morgan fingerprint density at radius 2 is 2.35 bits per heavy atom. The molecule has 2 atom stereocenters. The third-order valence-electron chi connectivity index (χ3n) is 4.21. The van der Waals surface area contributed by atoms with Gasteiger partial charge in [0.05, 0.1) is 12.7 Å². The Hall–Kier alpha value is -0.370. The highest BCUT2D eigenvalue weighted by Crippen LogP contribution is 2.23. The van der Waals surface area contributed by atoms with Crippen LogP contribution in [-0.4, -0.2) is 55.7 Å². The molecule has 5 nitrogen and oxygen atoms in total. The second-order valence-corrected chi connectivity index (χ2v) is 6.69. The Labute approximate surface area is 154 Å². The molecule has 1 aromatic rings. The number of fused-ring (bicyclic) bond motifs is 1. The van der Waals surface area contributed by atoms with Gasteiger partial charge in [0.1, 0.15) is 6.04 Å². The summed E-state index contributed by atoms with van der Waals surface area (Å²) in [6.45, 7) is 7.07. The molecule has 2 N–H and O–H groups in total. The molecule has 23 heavy (non-hydrogen) atoms. The first-order valence-corrected chi connectivity index (χ1v) is 8.52. The predicted octanol–water partition coefficient (Wildman–Crippen LogP) is 1.44. The number of nitrogens with zero attached hydrogens (tertiary/aromatic N) is 1. The molecule has 132 valence electrons. The van der Waals surface area contributed by atoms with Crippen molar-refractivity contribution in [2.75, 3.05) is 32.8 Å². The smallest absolute Gasteiger partial charge is 0.239 e. The van der Waals surface area contributed by atoms with Crippen LogP contribution in [0.2, 0.25) is 0 Å². The summed E-state index contributed by atoms with van der Waals surface area (Å²) in [5.74, 6) is 0.0513. The third-order valence-corrected chi connectivity index (χ3v) is 5.24. The minimum absolute atomic E-state index is 0. The van der Waals surface area contributed by atoms with Gasteiger partial charge in [-0.2, -0.15) is 0 Å². The van der Waals surface area contributed by atoms with E-state index in [2.05, 4.69) is 27.0 Å². The molecule has 0 radical (unpaired) electrons. The predicted molar refractivity (Wildman–Crippen MR) is 98.0 cm³/mol. The number of amides is 1. The van der Waals surface area contributed by atoms with Crippen molar-refractivity contribution in [1.29, 1.82) is 0 Å². The number of carbonyl (C=O) groups excluding carboxylic acids is 1. The van der Waals surface area contributed by atoms with Gasteiger partial charge in [-0.05, 0) is 30.4 Å². The van der Waals surface area contributed by atoms with Crippen molar-refractivity contribution in [2.45, 2.75) is 32.0 Å². The number of nitrogens with one attached hydrogen (secondary N) is 2. The first-order chi connectivity index (χ1) is 10.2. The average Bonchev–Trinajstić information content (AvgIpc) is 2.95. The fourth-order valence-electron chi connectivity index (χ4n) is 2.97. The van der Waals surface area contributed by atoms with E-state index in [9.17, 15) is 4.79 Å². The van der Waals surface area contributed by atoms with Crippen LogP contribution in [0.5, 0.6) is 0 Å². The summed E-state index contributed by atoms with van der Waals surface area (Å²) >= 11 is 1.86. The highest BCUT2D eigenvalue weighted by Gasteiger charge is 2.28. The monoisotopic (exact) mass is 381 g/mol. The van der Waals surface area contributed by atoms with Crippen molar-refractivity contribution in [3.8, 4) is 0 Å². The van der Waals surface area contributed by atoms with Crippen molar-refractivity contribution < 1.29 is 9.53 Å². The largest absolute Gasteiger partial charge is 0.375 e. The van der Waals surface area contributed by atoms with Crippen LogP contribution < -0.4 is 10.6 Å². The quantitative estimate of drug-likeness (QED) is 0.828. The molecule has 2 aliphatic rings. The molecule has 1 aromatic heterocycles. The number of carbonyl (C=O) groups is 1. The maximum atomic E-state index is 12.1. The number of halogens is 2. The Morgan fingerprint density at radius 3 is 3.13 bits per heavy atom. The number of rotatable bonds is 4. The maximum Gasteiger partial charge on any atom is 0.239 e. The lowest BCUT2D eigenvalue weighted by Crippen LogP contribution is -2.56. The molecule has 0 spiro atoms. The fourth-order valence-corrected chi connectivity index (χ4v) is 3.86. The number of thiophene rings is 1. The van der Waals surface area contributed by atoms with Crippen LogP contribution in [0.4, 0.5) is 0 Å². The molecule has 3 heterocycles. The molecule has 1 fully saturated rings. The van der Waals surface area contributed by atoms with E-state index in [0.717, 1.165) is 32.6 Å². The van der Waals surface area contributed by atoms with Crippen molar-refractivity contribution in [1.82, 2.24) is 15.5 Å². The van der Waals surface area contributed by atoms with E-state index in [1.165, 1.54) is 10.4 Å². The second-order valence-electron chi connectivity index (χ2n) is 5.69. The van der Waals surface area contributed by atoms with Crippen LogP contribution in [0.1, 0.15) is 17.4 Å². The van der Waals surface area contributed by atoms with Crippen molar-refractivity contribution in [3.63, 3.8) is 0 Å². The molecule has 1 amide bonds. The van der Waals surface area contributed by atoms with Gasteiger partial charge in [0.15, 0.2) is 0 Å². The van der Waals surface area contributed by atoms with E-state index in [4.69, 9.17) is 4.74 Å². The minimum atomic E-state index is -0.219. The van der Waals surface area contributed by atoms with E-state index in [-0.39, 0.29) is 42.9 Å². The molecule has 1 saturated heterocycles. The zero-order valence-electron chi connectivity index (χ0n) is 13.2. The Bertz CT molecular complexity index is 501. The van der Waals surface area contributed by atoms with E-state index in [1.807, 2.05) is 18.3 Å². The van der Waals surface area contributed by atoms with Crippen LogP contribution in [-0.2, 0) is 22.5 Å². The highest BCUT2D eigenvalue weighted by molar-refractivity contribution is 7.10. The second kappa shape index (κ2) is 9.81. The molecule has 0 aromatic carbocycles. The van der Waals surface area contributed by atoms with Crippen molar-refractivity contribution in [2.24, 2.45) is 0 Å². The minimum Gasteiger partial charge on any atom is -0.375 e. The summed E-state index contributed by atoms with van der Waals surface area (Å²) in [7, 11) is 0. The molecule has 2 aliphatic heterocycles. The van der Waals surface area contributed by atoms with Gasteiger partial charge >= 0.3 is 0 Å². The zero-order valence-corrected chi connectivity index (χ0v) is 15.7. The lowest BCUT2D eigenvalue weighted by atomic mass is 10.1. The molecule has 0 saturated carbocycles. The third kappa shape index (κ3) is 5.31. The summed E-state index contributed by atoms with van der Waals surface area (Å²) in [6.07, 6.45) is 1.08. The summed E-state index contributed by atoms with van der Waals surface area (Å²) in [5.41, 5.74) is 1.45. The number of ether oxygens (including phenoxy) is 1. The highest BCUT2D eigenvalue weighted by atomic mass is 35.5. The molecule has 3 rings (SSSR count). The molecule has 8 heteroatoms. The van der Waals surface area contributed by atoms with Crippen LogP contribution >= 0.6 is 36.2 Å². The van der Waals surface area contributed by atoms with Gasteiger partial charge in [-0.3, -0.25) is 9.69 Å². The Kier molecular flexibility index (Phi) is 8.82. The number of hydrogen-bond acceptors (Lipinski definition) is 5. The van der Waals surface area contributed by atoms with E-state index in [1.54, 1.807) is 0 Å². The lowest BCUT2D eigenvalue weighted by Gasteiger charge is -2.30.